The van der Waals surface area contributed by atoms with E-state index in [0.29, 0.717) is 11.4 Å². The summed E-state index contributed by atoms with van der Waals surface area (Å²) >= 11 is 0. The van der Waals surface area contributed by atoms with Crippen molar-refractivity contribution in [3.63, 3.8) is 0 Å². The number of ether oxygens (including phenoxy) is 1. The fraction of sp³-hybridized carbons (Fsp3) is 0.150. The molecule has 9 heteroatoms. The SMILES string of the molecule is N#C[C@H]1CN(c2ccc(OC(F)(F)F)cc2)C(=O)N1c1cncc2ccccc12. The summed E-state index contributed by atoms with van der Waals surface area (Å²) in [6, 6.07) is 13.2. The lowest BCUT2D eigenvalue weighted by molar-refractivity contribution is -0.274. The molecule has 1 aliphatic rings. The fourth-order valence-electron chi connectivity index (χ4n) is 3.30. The first-order valence-corrected chi connectivity index (χ1v) is 8.56. The van der Waals surface area contributed by atoms with Crippen molar-refractivity contribution >= 4 is 28.2 Å². The third-order valence-corrected chi connectivity index (χ3v) is 4.54. The van der Waals surface area contributed by atoms with Crippen molar-refractivity contribution in [1.29, 1.82) is 5.26 Å². The lowest BCUT2D eigenvalue weighted by Gasteiger charge is -2.21. The molecule has 1 aliphatic heterocycles. The van der Waals surface area contributed by atoms with Gasteiger partial charge in [0.05, 0.1) is 24.5 Å². The van der Waals surface area contributed by atoms with Crippen LogP contribution in [-0.4, -0.2) is 30.0 Å². The maximum Gasteiger partial charge on any atom is 0.573 e. The number of carbonyl (C=O) groups excluding carboxylic acids is 1. The van der Waals surface area contributed by atoms with E-state index in [1.54, 1.807) is 6.20 Å². The number of aromatic nitrogens is 1. The summed E-state index contributed by atoms with van der Waals surface area (Å²) in [5.41, 5.74) is 0.861. The topological polar surface area (TPSA) is 69.5 Å². The first-order chi connectivity index (χ1) is 13.9. The van der Waals surface area contributed by atoms with Gasteiger partial charge in [0.2, 0.25) is 0 Å². The van der Waals surface area contributed by atoms with Crippen LogP contribution in [0.4, 0.5) is 29.3 Å². The van der Waals surface area contributed by atoms with Gasteiger partial charge in [-0.1, -0.05) is 24.3 Å². The quantitative estimate of drug-likeness (QED) is 0.653. The summed E-state index contributed by atoms with van der Waals surface area (Å²) in [7, 11) is 0. The van der Waals surface area contributed by atoms with Gasteiger partial charge >= 0.3 is 12.4 Å². The van der Waals surface area contributed by atoms with Crippen molar-refractivity contribution < 1.29 is 22.7 Å². The molecule has 1 atom stereocenters. The van der Waals surface area contributed by atoms with Crippen LogP contribution in [0.3, 0.4) is 0 Å². The number of amides is 2. The predicted octanol–water partition coefficient (Wildman–Crippen LogP) is 4.47. The molecule has 6 nitrogen and oxygen atoms in total. The Kier molecular flexibility index (Phi) is 4.47. The van der Waals surface area contributed by atoms with Gasteiger partial charge in [-0.15, -0.1) is 13.2 Å². The zero-order chi connectivity index (χ0) is 20.6. The number of nitriles is 1. The van der Waals surface area contributed by atoms with E-state index in [4.69, 9.17) is 0 Å². The summed E-state index contributed by atoms with van der Waals surface area (Å²) in [5.74, 6) is -0.389. The van der Waals surface area contributed by atoms with Crippen molar-refractivity contribution in [1.82, 2.24) is 4.98 Å². The zero-order valence-corrected chi connectivity index (χ0v) is 14.8. The highest BCUT2D eigenvalue weighted by Crippen LogP contribution is 2.34. The second-order valence-electron chi connectivity index (χ2n) is 6.33. The number of urea groups is 1. The van der Waals surface area contributed by atoms with Gasteiger partial charge in [-0.05, 0) is 24.3 Å². The molecule has 0 N–H and O–H groups in total. The molecule has 146 valence electrons. The zero-order valence-electron chi connectivity index (χ0n) is 14.8. The maximum absolute atomic E-state index is 13.1. The molecule has 0 spiro atoms. The number of alkyl halides is 3. The van der Waals surface area contributed by atoms with Crippen molar-refractivity contribution in [2.45, 2.75) is 12.4 Å². The minimum atomic E-state index is -4.80. The van der Waals surface area contributed by atoms with E-state index in [0.717, 1.165) is 22.9 Å². The number of carbonyl (C=O) groups is 1. The van der Waals surface area contributed by atoms with Crippen LogP contribution in [0.15, 0.2) is 60.9 Å². The fourth-order valence-corrected chi connectivity index (χ4v) is 3.30. The number of fused-ring (bicyclic) bond motifs is 1. The summed E-state index contributed by atoms with van der Waals surface area (Å²) < 4.78 is 40.9. The molecule has 2 heterocycles. The lowest BCUT2D eigenvalue weighted by atomic mass is 10.1. The lowest BCUT2D eigenvalue weighted by Crippen LogP contribution is -2.34. The maximum atomic E-state index is 13.1. The van der Waals surface area contributed by atoms with Gasteiger partial charge in [-0.25, -0.2) is 4.79 Å². The first-order valence-electron chi connectivity index (χ1n) is 8.56. The van der Waals surface area contributed by atoms with Crippen LogP contribution in [0, 0.1) is 11.3 Å². The summed E-state index contributed by atoms with van der Waals surface area (Å²) in [5, 5.41) is 11.2. The van der Waals surface area contributed by atoms with Gasteiger partial charge in [0, 0.05) is 22.7 Å². The third-order valence-electron chi connectivity index (χ3n) is 4.54. The number of hydrogen-bond acceptors (Lipinski definition) is 4. The first kappa shape index (κ1) is 18.6. The van der Waals surface area contributed by atoms with Crippen molar-refractivity contribution in [3.05, 3.63) is 60.9 Å². The Labute approximate surface area is 163 Å². The molecule has 0 bridgehead atoms. The van der Waals surface area contributed by atoms with Gasteiger partial charge in [0.15, 0.2) is 0 Å². The minimum absolute atomic E-state index is 0.0675. The molecule has 0 unspecified atom stereocenters. The average molecular weight is 398 g/mol. The second kappa shape index (κ2) is 6.98. The molecule has 2 aromatic carbocycles. The van der Waals surface area contributed by atoms with E-state index in [-0.39, 0.29) is 12.3 Å². The van der Waals surface area contributed by atoms with E-state index in [1.807, 2.05) is 24.3 Å². The Morgan fingerprint density at radius 1 is 1.10 bits per heavy atom. The van der Waals surface area contributed by atoms with Crippen LogP contribution in [0.1, 0.15) is 0 Å². The normalized spacial score (nSPS) is 16.9. The summed E-state index contributed by atoms with van der Waals surface area (Å²) in [6.45, 7) is 0.0675. The van der Waals surface area contributed by atoms with Gasteiger partial charge in [0.1, 0.15) is 11.8 Å². The molecule has 0 aliphatic carbocycles. The molecule has 0 saturated carbocycles. The van der Waals surface area contributed by atoms with Gasteiger partial charge in [-0.2, -0.15) is 5.26 Å². The molecular formula is C20H13F3N4O2. The third kappa shape index (κ3) is 3.52. The molecule has 29 heavy (non-hydrogen) atoms. The molecule has 1 saturated heterocycles. The van der Waals surface area contributed by atoms with E-state index in [9.17, 15) is 23.2 Å². The molecular weight excluding hydrogens is 385 g/mol. The summed E-state index contributed by atoms with van der Waals surface area (Å²) in [6.07, 6.45) is -1.61. The number of hydrogen-bond donors (Lipinski definition) is 0. The minimum Gasteiger partial charge on any atom is -0.406 e. The average Bonchev–Trinajstić information content (AvgIpc) is 3.03. The second-order valence-corrected chi connectivity index (χ2v) is 6.33. The van der Waals surface area contributed by atoms with Gasteiger partial charge in [-0.3, -0.25) is 14.8 Å². The van der Waals surface area contributed by atoms with Crippen molar-refractivity contribution in [2.75, 3.05) is 16.3 Å². The molecule has 1 aromatic heterocycles. The molecule has 2 amide bonds. The van der Waals surface area contributed by atoms with Crippen molar-refractivity contribution in [3.8, 4) is 11.8 Å². The summed E-state index contributed by atoms with van der Waals surface area (Å²) in [4.78, 5) is 20.0. The van der Waals surface area contributed by atoms with E-state index in [2.05, 4.69) is 15.8 Å². The predicted molar refractivity (Wildman–Crippen MR) is 99.5 cm³/mol. The van der Waals surface area contributed by atoms with E-state index >= 15 is 0 Å². The number of anilines is 2. The van der Waals surface area contributed by atoms with Crippen LogP contribution in [0.25, 0.3) is 10.8 Å². The number of halogens is 3. The highest BCUT2D eigenvalue weighted by molar-refractivity contribution is 6.11. The van der Waals surface area contributed by atoms with Crippen LogP contribution >= 0.6 is 0 Å². The Balaban J connectivity index is 1.67. The largest absolute Gasteiger partial charge is 0.573 e. The number of pyridine rings is 1. The Bertz CT molecular complexity index is 1100. The van der Waals surface area contributed by atoms with Crippen LogP contribution in [0.2, 0.25) is 0 Å². The van der Waals surface area contributed by atoms with Crippen LogP contribution in [0.5, 0.6) is 5.75 Å². The van der Waals surface area contributed by atoms with E-state index in [1.165, 1.54) is 28.1 Å². The number of nitrogens with zero attached hydrogens (tertiary/aromatic N) is 4. The van der Waals surface area contributed by atoms with E-state index < -0.39 is 18.4 Å². The van der Waals surface area contributed by atoms with Gasteiger partial charge < -0.3 is 4.74 Å². The molecule has 3 aromatic rings. The van der Waals surface area contributed by atoms with Gasteiger partial charge in [0.25, 0.3) is 0 Å². The highest BCUT2D eigenvalue weighted by Gasteiger charge is 2.40. The Hall–Kier alpha value is -3.80. The molecule has 4 rings (SSSR count). The number of benzene rings is 2. The monoisotopic (exact) mass is 398 g/mol. The standard InChI is InChI=1S/C20H13F3N4O2/c21-20(22,23)29-16-7-5-14(6-8-16)26-12-15(9-24)27(19(26)28)18-11-25-10-13-3-1-2-4-17(13)18/h1-8,10-11,15H,12H2/t15-/m0/s1. The van der Waals surface area contributed by atoms with Crippen LogP contribution in [-0.2, 0) is 0 Å². The van der Waals surface area contributed by atoms with Crippen LogP contribution < -0.4 is 14.5 Å². The number of rotatable bonds is 3. The Morgan fingerprint density at radius 2 is 1.83 bits per heavy atom. The molecule has 0 radical (unpaired) electrons. The highest BCUT2D eigenvalue weighted by atomic mass is 19.4. The smallest absolute Gasteiger partial charge is 0.406 e. The Morgan fingerprint density at radius 3 is 2.52 bits per heavy atom. The molecule has 1 fully saturated rings. The van der Waals surface area contributed by atoms with Crippen molar-refractivity contribution in [2.24, 2.45) is 0 Å².